The van der Waals surface area contributed by atoms with E-state index in [1.165, 1.54) is 21.9 Å². The van der Waals surface area contributed by atoms with Crippen LogP contribution in [-0.4, -0.2) is 40.5 Å². The molecule has 8 heteroatoms. The number of sulfonamides is 1. The van der Waals surface area contributed by atoms with Crippen LogP contribution in [0.4, 0.5) is 0 Å². The standard InChI is InChI=1S/C13H16N4O2S2/c1-9-8-10(13-14-5-7-20-13)16-12(15-9)11-4-3-6-17(11)21(2,18)19/h5,7-8,11H,3-4,6H2,1-2H3/t11-/m0/s1. The maximum Gasteiger partial charge on any atom is 0.211 e. The van der Waals surface area contributed by atoms with Crippen LogP contribution < -0.4 is 0 Å². The molecule has 2 aromatic heterocycles. The number of aryl methyl sites for hydroxylation is 1. The maximum atomic E-state index is 11.9. The molecule has 0 bridgehead atoms. The first-order valence-electron chi connectivity index (χ1n) is 6.67. The van der Waals surface area contributed by atoms with E-state index in [-0.39, 0.29) is 6.04 Å². The van der Waals surface area contributed by atoms with Gasteiger partial charge in [-0.2, -0.15) is 4.31 Å². The van der Waals surface area contributed by atoms with Gasteiger partial charge in [0.2, 0.25) is 10.0 Å². The smallest absolute Gasteiger partial charge is 0.211 e. The Labute approximate surface area is 127 Å². The topological polar surface area (TPSA) is 76.1 Å². The number of aromatic nitrogens is 3. The first-order valence-corrected chi connectivity index (χ1v) is 9.40. The van der Waals surface area contributed by atoms with Gasteiger partial charge in [0.1, 0.15) is 16.5 Å². The number of rotatable bonds is 3. The molecule has 3 heterocycles. The molecule has 1 aliphatic heterocycles. The molecule has 0 radical (unpaired) electrons. The Morgan fingerprint density at radius 1 is 1.38 bits per heavy atom. The zero-order valence-corrected chi connectivity index (χ0v) is 13.5. The van der Waals surface area contributed by atoms with Crippen LogP contribution >= 0.6 is 11.3 Å². The van der Waals surface area contributed by atoms with E-state index in [9.17, 15) is 8.42 Å². The van der Waals surface area contributed by atoms with Crippen molar-refractivity contribution in [2.24, 2.45) is 0 Å². The largest absolute Gasteiger partial charge is 0.243 e. The summed E-state index contributed by atoms with van der Waals surface area (Å²) in [5, 5.41) is 2.72. The predicted octanol–water partition coefficient (Wildman–Crippen LogP) is 2.01. The van der Waals surface area contributed by atoms with E-state index in [1.54, 1.807) is 6.20 Å². The minimum Gasteiger partial charge on any atom is -0.243 e. The summed E-state index contributed by atoms with van der Waals surface area (Å²) in [4.78, 5) is 13.3. The van der Waals surface area contributed by atoms with Crippen LogP contribution in [0, 0.1) is 6.92 Å². The molecular weight excluding hydrogens is 308 g/mol. The Bertz CT molecular complexity index is 744. The summed E-state index contributed by atoms with van der Waals surface area (Å²) in [6.07, 6.45) is 4.56. The quantitative estimate of drug-likeness (QED) is 0.863. The van der Waals surface area contributed by atoms with E-state index in [1.807, 2.05) is 18.4 Å². The van der Waals surface area contributed by atoms with Crippen molar-refractivity contribution in [2.75, 3.05) is 12.8 Å². The fourth-order valence-corrected chi connectivity index (χ4v) is 4.32. The van der Waals surface area contributed by atoms with Gasteiger partial charge in [0, 0.05) is 23.8 Å². The molecule has 6 nitrogen and oxygen atoms in total. The number of hydrogen-bond donors (Lipinski definition) is 0. The normalized spacial score (nSPS) is 20.0. The number of thiazole rings is 1. The lowest BCUT2D eigenvalue weighted by molar-refractivity contribution is 0.386. The van der Waals surface area contributed by atoms with E-state index < -0.39 is 10.0 Å². The van der Waals surface area contributed by atoms with Crippen molar-refractivity contribution in [1.82, 2.24) is 19.3 Å². The monoisotopic (exact) mass is 324 g/mol. The highest BCUT2D eigenvalue weighted by molar-refractivity contribution is 7.88. The highest BCUT2D eigenvalue weighted by atomic mass is 32.2. The van der Waals surface area contributed by atoms with Gasteiger partial charge >= 0.3 is 0 Å². The van der Waals surface area contributed by atoms with Crippen LogP contribution in [0.15, 0.2) is 17.6 Å². The van der Waals surface area contributed by atoms with Gasteiger partial charge in [-0.3, -0.25) is 0 Å². The Morgan fingerprint density at radius 3 is 2.86 bits per heavy atom. The van der Waals surface area contributed by atoms with Crippen LogP contribution in [0.3, 0.4) is 0 Å². The lowest BCUT2D eigenvalue weighted by atomic mass is 10.2. The number of nitrogens with zero attached hydrogens (tertiary/aromatic N) is 4. The first kappa shape index (κ1) is 14.6. The van der Waals surface area contributed by atoms with Gasteiger partial charge in [0.15, 0.2) is 0 Å². The summed E-state index contributed by atoms with van der Waals surface area (Å²) < 4.78 is 25.2. The molecule has 0 aromatic carbocycles. The molecule has 1 saturated heterocycles. The molecule has 0 spiro atoms. The lowest BCUT2D eigenvalue weighted by Crippen LogP contribution is -2.30. The Balaban J connectivity index is 2.03. The summed E-state index contributed by atoms with van der Waals surface area (Å²) in [6, 6.07) is 1.61. The fourth-order valence-electron chi connectivity index (χ4n) is 2.60. The number of hydrogen-bond acceptors (Lipinski definition) is 6. The van der Waals surface area contributed by atoms with Crippen LogP contribution in [0.25, 0.3) is 10.7 Å². The average Bonchev–Trinajstić information content (AvgIpc) is 3.09. The van der Waals surface area contributed by atoms with E-state index in [0.717, 1.165) is 29.2 Å². The SMILES string of the molecule is Cc1cc(-c2nccs2)nc([C@@H]2CCCN2S(C)(=O)=O)n1. The minimum atomic E-state index is -3.24. The van der Waals surface area contributed by atoms with Gasteiger partial charge < -0.3 is 0 Å². The second-order valence-electron chi connectivity index (χ2n) is 5.12. The van der Waals surface area contributed by atoms with Crippen LogP contribution in [0.5, 0.6) is 0 Å². The van der Waals surface area contributed by atoms with Gasteiger partial charge in [-0.05, 0) is 25.8 Å². The average molecular weight is 324 g/mol. The molecular formula is C13H16N4O2S2. The van der Waals surface area contributed by atoms with Gasteiger partial charge in [0.25, 0.3) is 0 Å². The van der Waals surface area contributed by atoms with E-state index >= 15 is 0 Å². The molecule has 0 saturated carbocycles. The van der Waals surface area contributed by atoms with Crippen molar-refractivity contribution in [3.8, 4) is 10.7 Å². The van der Waals surface area contributed by atoms with E-state index in [2.05, 4.69) is 15.0 Å². The third kappa shape index (κ3) is 2.97. The molecule has 0 unspecified atom stereocenters. The molecule has 0 N–H and O–H groups in total. The lowest BCUT2D eigenvalue weighted by Gasteiger charge is -2.21. The van der Waals surface area contributed by atoms with E-state index in [4.69, 9.17) is 0 Å². The molecule has 2 aromatic rings. The summed E-state index contributed by atoms with van der Waals surface area (Å²) in [6.45, 7) is 2.43. The summed E-state index contributed by atoms with van der Waals surface area (Å²) in [7, 11) is -3.24. The summed E-state index contributed by atoms with van der Waals surface area (Å²) >= 11 is 1.51. The molecule has 1 aliphatic rings. The van der Waals surface area contributed by atoms with Gasteiger partial charge in [-0.15, -0.1) is 11.3 Å². The fraction of sp³-hybridized carbons (Fsp3) is 0.462. The molecule has 0 aliphatic carbocycles. The Kier molecular flexibility index (Phi) is 3.76. The van der Waals surface area contributed by atoms with Crippen molar-refractivity contribution in [2.45, 2.75) is 25.8 Å². The van der Waals surface area contributed by atoms with Gasteiger partial charge in [0.05, 0.1) is 12.3 Å². The summed E-state index contributed by atoms with van der Waals surface area (Å²) in [5.41, 5.74) is 1.58. The highest BCUT2D eigenvalue weighted by Crippen LogP contribution is 2.33. The second kappa shape index (κ2) is 5.43. The molecule has 1 fully saturated rings. The zero-order valence-electron chi connectivity index (χ0n) is 11.9. The first-order chi connectivity index (χ1) is 9.95. The molecule has 1 atom stereocenters. The van der Waals surface area contributed by atoms with Crippen molar-refractivity contribution in [3.05, 3.63) is 29.2 Å². The van der Waals surface area contributed by atoms with Crippen LogP contribution in [0.1, 0.15) is 30.4 Å². The van der Waals surface area contributed by atoms with Crippen molar-refractivity contribution in [1.29, 1.82) is 0 Å². The third-order valence-electron chi connectivity index (χ3n) is 3.45. The molecule has 21 heavy (non-hydrogen) atoms. The van der Waals surface area contributed by atoms with Crippen LogP contribution in [-0.2, 0) is 10.0 Å². The van der Waals surface area contributed by atoms with Crippen molar-refractivity contribution in [3.63, 3.8) is 0 Å². The predicted molar refractivity (Wildman–Crippen MR) is 81.4 cm³/mol. The second-order valence-corrected chi connectivity index (χ2v) is 7.95. The molecule has 112 valence electrons. The van der Waals surface area contributed by atoms with Gasteiger partial charge in [-0.1, -0.05) is 0 Å². The Hall–Kier alpha value is -1.38. The van der Waals surface area contributed by atoms with E-state index in [0.29, 0.717) is 12.4 Å². The minimum absolute atomic E-state index is 0.265. The van der Waals surface area contributed by atoms with Gasteiger partial charge in [-0.25, -0.2) is 23.4 Å². The third-order valence-corrected chi connectivity index (χ3v) is 5.54. The molecule has 0 amide bonds. The highest BCUT2D eigenvalue weighted by Gasteiger charge is 2.34. The van der Waals surface area contributed by atoms with Crippen molar-refractivity contribution < 1.29 is 8.42 Å². The molecule has 3 rings (SSSR count). The van der Waals surface area contributed by atoms with Crippen LogP contribution in [0.2, 0.25) is 0 Å². The summed E-state index contributed by atoms with van der Waals surface area (Å²) in [5.74, 6) is 0.572. The Morgan fingerprint density at radius 2 is 2.19 bits per heavy atom. The zero-order chi connectivity index (χ0) is 15.0. The maximum absolute atomic E-state index is 11.9. The van der Waals surface area contributed by atoms with Crippen molar-refractivity contribution >= 4 is 21.4 Å².